The number of rotatable bonds is 7. The molecule has 3 aromatic carbocycles. The summed E-state index contributed by atoms with van der Waals surface area (Å²) >= 11 is 0. The van der Waals surface area contributed by atoms with E-state index in [0.717, 1.165) is 33.3 Å². The maximum absolute atomic E-state index is 13.1. The number of phenolic OH excluding ortho intramolecular Hbond substituents is 1. The molecule has 0 saturated carbocycles. The molecule has 1 amide bonds. The predicted molar refractivity (Wildman–Crippen MR) is 158 cm³/mol. The number of fused-ring (bicyclic) bond motifs is 1. The van der Waals surface area contributed by atoms with Crippen LogP contribution in [0.5, 0.6) is 5.75 Å². The molecule has 1 saturated heterocycles. The lowest BCUT2D eigenvalue weighted by Gasteiger charge is -2.39. The number of aromatic amines is 1. The number of nitrogens with zero attached hydrogens (tertiary/aromatic N) is 2. The summed E-state index contributed by atoms with van der Waals surface area (Å²) in [4.78, 5) is 34.6. The SMILES string of the molecule is O=C(Cc1ccc(-c2cccc(-c3cc4ccncc4[nH]3)c2O)cc1)N1CCC(Cc2ccccc2)(C(=O)O)CC1. The largest absolute Gasteiger partial charge is 0.507 e. The molecule has 3 heterocycles. The van der Waals surface area contributed by atoms with E-state index in [1.54, 1.807) is 17.3 Å². The molecule has 0 unspecified atom stereocenters. The third kappa shape index (κ3) is 5.31. The minimum absolute atomic E-state index is 0.00500. The van der Waals surface area contributed by atoms with Gasteiger partial charge >= 0.3 is 5.97 Å². The number of aromatic hydroxyl groups is 1. The van der Waals surface area contributed by atoms with Crippen LogP contribution in [0.25, 0.3) is 33.3 Å². The summed E-state index contributed by atoms with van der Waals surface area (Å²) in [5, 5.41) is 22.2. The van der Waals surface area contributed by atoms with Gasteiger partial charge in [0.15, 0.2) is 0 Å². The minimum atomic E-state index is -0.847. The summed E-state index contributed by atoms with van der Waals surface area (Å²) in [5.41, 5.74) is 5.00. The molecule has 0 atom stereocenters. The number of likely N-dealkylation sites (tertiary alicyclic amines) is 1. The molecule has 0 aliphatic carbocycles. The number of aliphatic carboxylic acids is 1. The topological polar surface area (TPSA) is 107 Å². The third-order valence-corrected chi connectivity index (χ3v) is 8.28. The van der Waals surface area contributed by atoms with Crippen molar-refractivity contribution in [3.05, 3.63) is 108 Å². The Morgan fingerprint density at radius 1 is 0.878 bits per heavy atom. The summed E-state index contributed by atoms with van der Waals surface area (Å²) in [5.74, 6) is -0.617. The molecule has 0 radical (unpaired) electrons. The Bertz CT molecular complexity index is 1670. The first kappa shape index (κ1) is 26.3. The van der Waals surface area contributed by atoms with Gasteiger partial charge in [0.05, 0.1) is 29.2 Å². The van der Waals surface area contributed by atoms with Crippen LogP contribution in [0.1, 0.15) is 24.0 Å². The Morgan fingerprint density at radius 2 is 1.61 bits per heavy atom. The molecule has 5 aromatic rings. The number of carbonyl (C=O) groups is 2. The van der Waals surface area contributed by atoms with Gasteiger partial charge in [-0.25, -0.2) is 0 Å². The molecule has 1 aliphatic rings. The van der Waals surface area contributed by atoms with Crippen molar-refractivity contribution in [2.75, 3.05) is 13.1 Å². The average molecular weight is 546 g/mol. The summed E-state index contributed by atoms with van der Waals surface area (Å²) in [6.07, 6.45) is 5.08. The zero-order chi connectivity index (χ0) is 28.4. The number of para-hydroxylation sites is 1. The number of piperidine rings is 1. The molecule has 41 heavy (non-hydrogen) atoms. The number of carboxylic acids is 1. The van der Waals surface area contributed by atoms with E-state index in [9.17, 15) is 19.8 Å². The fraction of sp³-hybridized carbons (Fsp3) is 0.206. The number of nitrogens with one attached hydrogen (secondary N) is 1. The minimum Gasteiger partial charge on any atom is -0.507 e. The van der Waals surface area contributed by atoms with Crippen molar-refractivity contribution in [2.24, 2.45) is 5.41 Å². The molecule has 1 aliphatic heterocycles. The fourth-order valence-corrected chi connectivity index (χ4v) is 5.84. The Morgan fingerprint density at radius 3 is 2.32 bits per heavy atom. The highest BCUT2D eigenvalue weighted by atomic mass is 16.4. The molecule has 2 aromatic heterocycles. The molecule has 7 heteroatoms. The van der Waals surface area contributed by atoms with Gasteiger partial charge in [0.25, 0.3) is 0 Å². The van der Waals surface area contributed by atoms with E-state index in [-0.39, 0.29) is 18.1 Å². The molecule has 7 nitrogen and oxygen atoms in total. The first-order chi connectivity index (χ1) is 19.9. The molecular formula is C34H31N3O4. The smallest absolute Gasteiger partial charge is 0.310 e. The van der Waals surface area contributed by atoms with Crippen LogP contribution in [-0.4, -0.2) is 50.0 Å². The quantitative estimate of drug-likeness (QED) is 0.230. The second-order valence-electron chi connectivity index (χ2n) is 10.9. The number of aromatic nitrogens is 2. The van der Waals surface area contributed by atoms with E-state index in [1.165, 1.54) is 0 Å². The number of benzene rings is 3. The van der Waals surface area contributed by atoms with Crippen molar-refractivity contribution in [1.29, 1.82) is 0 Å². The van der Waals surface area contributed by atoms with Crippen molar-refractivity contribution in [3.63, 3.8) is 0 Å². The van der Waals surface area contributed by atoms with Gasteiger partial charge in [0.2, 0.25) is 5.91 Å². The van der Waals surface area contributed by atoms with Crippen molar-refractivity contribution in [3.8, 4) is 28.1 Å². The van der Waals surface area contributed by atoms with Crippen LogP contribution in [0.4, 0.5) is 0 Å². The van der Waals surface area contributed by atoms with E-state index >= 15 is 0 Å². The number of phenols is 1. The van der Waals surface area contributed by atoms with E-state index < -0.39 is 11.4 Å². The summed E-state index contributed by atoms with van der Waals surface area (Å²) < 4.78 is 0. The van der Waals surface area contributed by atoms with Gasteiger partial charge in [-0.05, 0) is 54.2 Å². The predicted octanol–water partition coefficient (Wildman–Crippen LogP) is 6.08. The van der Waals surface area contributed by atoms with Gasteiger partial charge < -0.3 is 20.1 Å². The van der Waals surface area contributed by atoms with Crippen molar-refractivity contribution >= 4 is 22.8 Å². The van der Waals surface area contributed by atoms with Gasteiger partial charge in [0, 0.05) is 35.8 Å². The van der Waals surface area contributed by atoms with E-state index in [2.05, 4.69) is 9.97 Å². The number of pyridine rings is 1. The van der Waals surface area contributed by atoms with Crippen LogP contribution in [0.2, 0.25) is 0 Å². The standard InChI is InChI=1S/C34H31N3O4/c38-31(37-17-14-34(15-18-37,33(40)41)21-24-5-2-1-3-6-24)19-23-9-11-25(12-10-23)27-7-4-8-28(32(27)39)29-20-26-13-16-35-22-30(26)36-29/h1-13,16,20,22,36,39H,14-15,17-19,21H2,(H,40,41). The normalized spacial score (nSPS) is 14.7. The van der Waals surface area contributed by atoms with Crippen LogP contribution in [0.3, 0.4) is 0 Å². The van der Waals surface area contributed by atoms with Crippen LogP contribution in [-0.2, 0) is 22.4 Å². The second-order valence-corrected chi connectivity index (χ2v) is 10.9. The lowest BCUT2D eigenvalue weighted by Crippen LogP contribution is -2.48. The van der Waals surface area contributed by atoms with Crippen LogP contribution >= 0.6 is 0 Å². The number of H-pyrrole nitrogens is 1. The lowest BCUT2D eigenvalue weighted by atomic mass is 9.73. The highest BCUT2D eigenvalue weighted by molar-refractivity contribution is 5.89. The summed E-state index contributed by atoms with van der Waals surface area (Å²) in [6, 6.07) is 26.9. The van der Waals surface area contributed by atoms with E-state index in [0.29, 0.717) is 43.5 Å². The molecule has 3 N–H and O–H groups in total. The maximum Gasteiger partial charge on any atom is 0.310 e. The van der Waals surface area contributed by atoms with E-state index in [4.69, 9.17) is 0 Å². The van der Waals surface area contributed by atoms with Crippen molar-refractivity contribution in [2.45, 2.75) is 25.7 Å². The van der Waals surface area contributed by atoms with Crippen LogP contribution in [0.15, 0.2) is 97.3 Å². The number of hydrogen-bond donors (Lipinski definition) is 3. The van der Waals surface area contributed by atoms with Gasteiger partial charge in [0.1, 0.15) is 5.75 Å². The zero-order valence-corrected chi connectivity index (χ0v) is 22.6. The van der Waals surface area contributed by atoms with Crippen molar-refractivity contribution in [1.82, 2.24) is 14.9 Å². The highest BCUT2D eigenvalue weighted by Gasteiger charge is 2.42. The molecule has 0 spiro atoms. The molecule has 1 fully saturated rings. The maximum atomic E-state index is 13.1. The Hall–Kier alpha value is -4.91. The summed E-state index contributed by atoms with van der Waals surface area (Å²) in [7, 11) is 0. The van der Waals surface area contributed by atoms with Gasteiger partial charge in [-0.3, -0.25) is 14.6 Å². The summed E-state index contributed by atoms with van der Waals surface area (Å²) in [6.45, 7) is 0.862. The second kappa shape index (κ2) is 10.9. The van der Waals surface area contributed by atoms with Gasteiger partial charge in [-0.1, -0.05) is 66.7 Å². The average Bonchev–Trinajstić information content (AvgIpc) is 3.43. The van der Waals surface area contributed by atoms with E-state index in [1.807, 2.05) is 84.9 Å². The van der Waals surface area contributed by atoms with Crippen LogP contribution < -0.4 is 0 Å². The molecule has 6 rings (SSSR count). The fourth-order valence-electron chi connectivity index (χ4n) is 5.84. The first-order valence-corrected chi connectivity index (χ1v) is 13.8. The first-order valence-electron chi connectivity index (χ1n) is 13.8. The number of hydrogen-bond acceptors (Lipinski definition) is 4. The monoisotopic (exact) mass is 545 g/mol. The molecule has 206 valence electrons. The van der Waals surface area contributed by atoms with Gasteiger partial charge in [-0.2, -0.15) is 0 Å². The number of amides is 1. The lowest BCUT2D eigenvalue weighted by molar-refractivity contribution is -0.154. The Labute approximate surface area is 238 Å². The van der Waals surface area contributed by atoms with Crippen LogP contribution in [0, 0.1) is 5.41 Å². The number of carbonyl (C=O) groups excluding carboxylic acids is 1. The molecule has 0 bridgehead atoms. The zero-order valence-electron chi connectivity index (χ0n) is 22.6. The van der Waals surface area contributed by atoms with Crippen molar-refractivity contribution < 1.29 is 19.8 Å². The molecular weight excluding hydrogens is 514 g/mol. The third-order valence-electron chi connectivity index (χ3n) is 8.28. The van der Waals surface area contributed by atoms with Gasteiger partial charge in [-0.15, -0.1) is 0 Å². The Balaban J connectivity index is 1.12. The Kier molecular flexibility index (Phi) is 7.01. The number of carboxylic acid groups (broad SMARTS) is 1. The highest BCUT2D eigenvalue weighted by Crippen LogP contribution is 2.39.